The summed E-state index contributed by atoms with van der Waals surface area (Å²) in [4.78, 5) is 24.5. The Labute approximate surface area is 154 Å². The van der Waals surface area contributed by atoms with Gasteiger partial charge in [0.25, 0.3) is 5.91 Å². The van der Waals surface area contributed by atoms with Crippen LogP contribution in [0.5, 0.6) is 5.75 Å². The smallest absolute Gasteiger partial charge is 0.342 e. The first-order valence-corrected chi connectivity index (χ1v) is 8.61. The zero-order chi connectivity index (χ0) is 19.2. The van der Waals surface area contributed by atoms with Gasteiger partial charge in [-0.2, -0.15) is 0 Å². The lowest BCUT2D eigenvalue weighted by Gasteiger charge is -2.23. The lowest BCUT2D eigenvalue weighted by molar-refractivity contribution is -0.119. The first-order chi connectivity index (χ1) is 12.3. The van der Waals surface area contributed by atoms with Gasteiger partial charge >= 0.3 is 5.97 Å². The lowest BCUT2D eigenvalue weighted by Crippen LogP contribution is -2.23. The van der Waals surface area contributed by atoms with Gasteiger partial charge in [0.2, 0.25) is 0 Å². The second-order valence-corrected chi connectivity index (χ2v) is 6.85. The highest BCUT2D eigenvalue weighted by atomic mass is 16.5. The van der Waals surface area contributed by atoms with Gasteiger partial charge in [0.15, 0.2) is 6.61 Å². The van der Waals surface area contributed by atoms with Crippen molar-refractivity contribution < 1.29 is 19.1 Å². The number of amides is 1. The van der Waals surface area contributed by atoms with Crippen molar-refractivity contribution in [3.63, 3.8) is 0 Å². The summed E-state index contributed by atoms with van der Waals surface area (Å²) in [5.74, 6) is -0.532. The quantitative estimate of drug-likeness (QED) is 0.790. The van der Waals surface area contributed by atoms with E-state index in [0.717, 1.165) is 11.3 Å². The molecular weight excluding hydrogens is 330 g/mol. The van der Waals surface area contributed by atoms with Gasteiger partial charge < -0.3 is 14.8 Å². The fourth-order valence-electron chi connectivity index (χ4n) is 2.56. The maximum atomic E-state index is 12.2. The number of para-hydroxylation sites is 2. The largest absolute Gasteiger partial charge is 0.493 e. The van der Waals surface area contributed by atoms with Crippen LogP contribution in [-0.2, 0) is 14.9 Å². The third-order valence-corrected chi connectivity index (χ3v) is 3.75. The minimum Gasteiger partial charge on any atom is -0.493 e. The van der Waals surface area contributed by atoms with Crippen molar-refractivity contribution in [1.29, 1.82) is 0 Å². The van der Waals surface area contributed by atoms with Crippen molar-refractivity contribution in [1.82, 2.24) is 0 Å². The number of nitrogens with one attached hydrogen (secondary N) is 1. The van der Waals surface area contributed by atoms with Crippen LogP contribution < -0.4 is 10.1 Å². The normalized spacial score (nSPS) is 10.9. The number of rotatable bonds is 6. The summed E-state index contributed by atoms with van der Waals surface area (Å²) in [6.07, 6.45) is 0. The molecule has 1 N–H and O–H groups in total. The second-order valence-electron chi connectivity index (χ2n) is 6.85. The number of benzene rings is 2. The summed E-state index contributed by atoms with van der Waals surface area (Å²) in [5.41, 5.74) is 1.92. The van der Waals surface area contributed by atoms with Crippen molar-refractivity contribution in [2.45, 2.75) is 33.1 Å². The molecule has 1 amide bonds. The number of carbonyl (C=O) groups is 2. The molecule has 5 heteroatoms. The molecule has 0 aliphatic carbocycles. The molecule has 0 bridgehead atoms. The third kappa shape index (κ3) is 5.09. The van der Waals surface area contributed by atoms with Crippen LogP contribution in [0.25, 0.3) is 0 Å². The summed E-state index contributed by atoms with van der Waals surface area (Å²) >= 11 is 0. The molecule has 26 heavy (non-hydrogen) atoms. The standard InChI is InChI=1S/C21H25NO4/c1-5-25-18-13-9-6-10-15(18)20(24)26-14-19(23)22-17-12-8-7-11-16(17)21(2,3)4/h6-13H,5,14H2,1-4H3,(H,22,23). The predicted octanol–water partition coefficient (Wildman–Crippen LogP) is 4.18. The Bertz CT molecular complexity index is 778. The minimum absolute atomic E-state index is 0.114. The van der Waals surface area contributed by atoms with E-state index in [1.54, 1.807) is 24.3 Å². The fourth-order valence-corrected chi connectivity index (χ4v) is 2.56. The fraction of sp³-hybridized carbons (Fsp3) is 0.333. The predicted molar refractivity (Wildman–Crippen MR) is 102 cm³/mol. The average molecular weight is 355 g/mol. The highest BCUT2D eigenvalue weighted by molar-refractivity contribution is 5.97. The van der Waals surface area contributed by atoms with E-state index in [1.165, 1.54) is 0 Å². The topological polar surface area (TPSA) is 64.6 Å². The zero-order valence-electron chi connectivity index (χ0n) is 15.7. The molecule has 0 saturated heterocycles. The Hall–Kier alpha value is -2.82. The van der Waals surface area contributed by atoms with Crippen LogP contribution in [0.1, 0.15) is 43.6 Å². The number of esters is 1. The number of ether oxygens (including phenoxy) is 2. The number of hydrogen-bond donors (Lipinski definition) is 1. The molecule has 5 nitrogen and oxygen atoms in total. The lowest BCUT2D eigenvalue weighted by atomic mass is 9.86. The Balaban J connectivity index is 2.01. The molecule has 0 fully saturated rings. The van der Waals surface area contributed by atoms with Gasteiger partial charge in [0.05, 0.1) is 6.61 Å². The average Bonchev–Trinajstić information content (AvgIpc) is 2.60. The SMILES string of the molecule is CCOc1ccccc1C(=O)OCC(=O)Nc1ccccc1C(C)(C)C. The van der Waals surface area contributed by atoms with E-state index in [4.69, 9.17) is 9.47 Å². The molecule has 0 aromatic heterocycles. The Morgan fingerprint density at radius 3 is 2.35 bits per heavy atom. The second kappa shape index (κ2) is 8.52. The first kappa shape index (κ1) is 19.5. The van der Waals surface area contributed by atoms with E-state index in [2.05, 4.69) is 26.1 Å². The van der Waals surface area contributed by atoms with E-state index in [0.29, 0.717) is 17.9 Å². The van der Waals surface area contributed by atoms with Crippen molar-refractivity contribution in [3.8, 4) is 5.75 Å². The van der Waals surface area contributed by atoms with Crippen LogP contribution in [0.4, 0.5) is 5.69 Å². The molecule has 0 unspecified atom stereocenters. The van der Waals surface area contributed by atoms with Crippen LogP contribution in [0.15, 0.2) is 48.5 Å². The molecule has 0 heterocycles. The molecule has 138 valence electrons. The molecule has 0 saturated carbocycles. The molecule has 0 aliphatic rings. The summed E-state index contributed by atoms with van der Waals surface area (Å²) < 4.78 is 10.6. The monoisotopic (exact) mass is 355 g/mol. The van der Waals surface area contributed by atoms with Gasteiger partial charge in [-0.05, 0) is 36.1 Å². The molecule has 0 spiro atoms. The number of anilines is 1. The molecule has 2 aromatic rings. The van der Waals surface area contributed by atoms with Crippen molar-refractivity contribution >= 4 is 17.6 Å². The molecule has 2 aromatic carbocycles. The van der Waals surface area contributed by atoms with Crippen molar-refractivity contribution in [3.05, 3.63) is 59.7 Å². The van der Waals surface area contributed by atoms with Crippen molar-refractivity contribution in [2.75, 3.05) is 18.5 Å². The van der Waals surface area contributed by atoms with Crippen LogP contribution in [0.2, 0.25) is 0 Å². The molecule has 0 atom stereocenters. The van der Waals surface area contributed by atoms with E-state index in [1.807, 2.05) is 31.2 Å². The summed E-state index contributed by atoms with van der Waals surface area (Å²) in [6.45, 7) is 8.13. The summed E-state index contributed by atoms with van der Waals surface area (Å²) in [5, 5.41) is 2.82. The first-order valence-electron chi connectivity index (χ1n) is 8.61. The molecular formula is C21H25NO4. The van der Waals surface area contributed by atoms with Crippen molar-refractivity contribution in [2.24, 2.45) is 0 Å². The van der Waals surface area contributed by atoms with Gasteiger partial charge in [-0.3, -0.25) is 4.79 Å². The molecule has 0 radical (unpaired) electrons. The minimum atomic E-state index is -0.590. The Morgan fingerprint density at radius 1 is 1.00 bits per heavy atom. The van der Waals surface area contributed by atoms with E-state index in [9.17, 15) is 9.59 Å². The van der Waals surface area contributed by atoms with Gasteiger partial charge in [-0.25, -0.2) is 4.79 Å². The number of hydrogen-bond acceptors (Lipinski definition) is 4. The molecule has 2 rings (SSSR count). The van der Waals surface area contributed by atoms with Gasteiger partial charge in [-0.15, -0.1) is 0 Å². The van der Waals surface area contributed by atoms with Gasteiger partial charge in [0, 0.05) is 5.69 Å². The summed E-state index contributed by atoms with van der Waals surface area (Å²) in [7, 11) is 0. The third-order valence-electron chi connectivity index (χ3n) is 3.75. The van der Waals surface area contributed by atoms with E-state index in [-0.39, 0.29) is 17.9 Å². The van der Waals surface area contributed by atoms with Gasteiger partial charge in [-0.1, -0.05) is 51.1 Å². The van der Waals surface area contributed by atoms with Crippen LogP contribution in [0.3, 0.4) is 0 Å². The van der Waals surface area contributed by atoms with E-state index >= 15 is 0 Å². The van der Waals surface area contributed by atoms with Crippen LogP contribution >= 0.6 is 0 Å². The maximum absolute atomic E-state index is 12.2. The maximum Gasteiger partial charge on any atom is 0.342 e. The van der Waals surface area contributed by atoms with Gasteiger partial charge in [0.1, 0.15) is 11.3 Å². The summed E-state index contributed by atoms with van der Waals surface area (Å²) in [6, 6.07) is 14.4. The molecule has 0 aliphatic heterocycles. The highest BCUT2D eigenvalue weighted by Crippen LogP contribution is 2.29. The Kier molecular flexibility index (Phi) is 6.39. The zero-order valence-corrected chi connectivity index (χ0v) is 15.7. The van der Waals surface area contributed by atoms with Crippen LogP contribution in [-0.4, -0.2) is 25.1 Å². The highest BCUT2D eigenvalue weighted by Gasteiger charge is 2.19. The van der Waals surface area contributed by atoms with Crippen LogP contribution in [0, 0.1) is 0 Å². The Morgan fingerprint density at radius 2 is 1.65 bits per heavy atom. The number of carbonyl (C=O) groups excluding carboxylic acids is 2. The van der Waals surface area contributed by atoms with E-state index < -0.39 is 5.97 Å².